The molecular formula is C29H24ClF2N5O5. The molecule has 0 unspecified atom stereocenters. The highest BCUT2D eigenvalue weighted by Gasteiger charge is 2.18. The molecule has 216 valence electrons. The molecule has 4 heterocycles. The number of aryl methyl sites for hydroxylation is 2. The minimum absolute atomic E-state index is 0. The fourth-order valence-corrected chi connectivity index (χ4v) is 4.11. The van der Waals surface area contributed by atoms with Gasteiger partial charge in [0, 0.05) is 35.8 Å². The Kier molecular flexibility index (Phi) is 8.67. The van der Waals surface area contributed by atoms with Gasteiger partial charge in [-0.2, -0.15) is 0 Å². The van der Waals surface area contributed by atoms with Gasteiger partial charge in [0.15, 0.2) is 23.1 Å². The molecule has 5 rings (SSSR count). The predicted octanol–water partition coefficient (Wildman–Crippen LogP) is 5.55. The molecule has 10 nitrogen and oxygen atoms in total. The number of benzene rings is 1. The second-order valence-electron chi connectivity index (χ2n) is 8.84. The van der Waals surface area contributed by atoms with Crippen LogP contribution in [-0.2, 0) is 0 Å². The van der Waals surface area contributed by atoms with E-state index in [4.69, 9.17) is 14.2 Å². The van der Waals surface area contributed by atoms with Crippen LogP contribution in [-0.4, -0.2) is 39.6 Å². The van der Waals surface area contributed by atoms with Gasteiger partial charge < -0.3 is 19.5 Å². The lowest BCUT2D eigenvalue weighted by Crippen LogP contribution is -2.30. The average Bonchev–Trinajstić information content (AvgIpc) is 2.95. The molecule has 0 saturated carbocycles. The van der Waals surface area contributed by atoms with E-state index in [0.717, 1.165) is 6.07 Å². The van der Waals surface area contributed by atoms with Crippen LogP contribution in [0.2, 0.25) is 0 Å². The molecule has 1 N–H and O–H groups in total. The molecule has 0 radical (unpaired) electrons. The number of aromatic nitrogens is 4. The zero-order valence-electron chi connectivity index (χ0n) is 22.8. The third kappa shape index (κ3) is 5.70. The van der Waals surface area contributed by atoms with Crippen LogP contribution in [0.15, 0.2) is 65.6 Å². The zero-order valence-corrected chi connectivity index (χ0v) is 23.6. The molecule has 0 spiro atoms. The highest BCUT2D eigenvalue weighted by atomic mass is 35.5. The summed E-state index contributed by atoms with van der Waals surface area (Å²) < 4.78 is 46.3. The Hall–Kier alpha value is -5.10. The van der Waals surface area contributed by atoms with E-state index in [0.29, 0.717) is 22.5 Å². The quantitative estimate of drug-likeness (QED) is 0.260. The fourth-order valence-electron chi connectivity index (χ4n) is 4.11. The molecule has 0 aliphatic rings. The third-order valence-electron chi connectivity index (χ3n) is 6.19. The largest absolute Gasteiger partial charge is 0.491 e. The number of nitrogens with one attached hydrogen (secondary N) is 1. The standard InChI is InChI=1S/C29H23F2N5O5.ClH/c1-15-5-7-18(29(38)36(15)25-10-8-19(30)16(2)33-25)27(37)34-17-6-9-22(20(31)13-17)41-23-11-12-32-21-14-24(39-3)28(40-4)35-26(21)23;/h5-14H,1-4H3,(H,34,37);1H. The monoisotopic (exact) mass is 595 g/mol. The summed E-state index contributed by atoms with van der Waals surface area (Å²) in [5, 5.41) is 2.53. The van der Waals surface area contributed by atoms with Crippen LogP contribution in [0.5, 0.6) is 23.1 Å². The Morgan fingerprint density at radius 2 is 1.67 bits per heavy atom. The number of hydrogen-bond acceptors (Lipinski definition) is 8. The number of nitrogens with zero attached hydrogens (tertiary/aromatic N) is 4. The lowest BCUT2D eigenvalue weighted by molar-refractivity contribution is 0.102. The maximum atomic E-state index is 15.1. The summed E-state index contributed by atoms with van der Waals surface area (Å²) in [4.78, 5) is 38.9. The van der Waals surface area contributed by atoms with E-state index in [2.05, 4.69) is 20.3 Å². The summed E-state index contributed by atoms with van der Waals surface area (Å²) in [6.07, 6.45) is 1.48. The second kappa shape index (κ2) is 12.2. The Bertz CT molecular complexity index is 1880. The summed E-state index contributed by atoms with van der Waals surface area (Å²) in [6, 6.07) is 12.4. The second-order valence-corrected chi connectivity index (χ2v) is 8.84. The van der Waals surface area contributed by atoms with E-state index < -0.39 is 23.1 Å². The number of anilines is 1. The van der Waals surface area contributed by atoms with E-state index in [1.165, 1.54) is 68.3 Å². The summed E-state index contributed by atoms with van der Waals surface area (Å²) in [5.41, 5.74) is 0.584. The number of carbonyl (C=O) groups excluding carboxylic acids is 1. The van der Waals surface area contributed by atoms with Crippen LogP contribution < -0.4 is 25.1 Å². The molecule has 0 aliphatic heterocycles. The fraction of sp³-hybridized carbons (Fsp3) is 0.138. The van der Waals surface area contributed by atoms with Crippen molar-refractivity contribution in [2.75, 3.05) is 19.5 Å². The van der Waals surface area contributed by atoms with Crippen molar-refractivity contribution in [1.82, 2.24) is 19.5 Å². The summed E-state index contributed by atoms with van der Waals surface area (Å²) in [5.74, 6) is -1.23. The Labute approximate surface area is 244 Å². The van der Waals surface area contributed by atoms with E-state index in [1.54, 1.807) is 19.1 Å². The van der Waals surface area contributed by atoms with Crippen molar-refractivity contribution >= 4 is 35.0 Å². The van der Waals surface area contributed by atoms with Crippen LogP contribution in [0.4, 0.5) is 14.5 Å². The molecule has 4 aromatic heterocycles. The number of amides is 1. The van der Waals surface area contributed by atoms with Crippen molar-refractivity contribution < 1.29 is 27.8 Å². The van der Waals surface area contributed by atoms with Gasteiger partial charge in [0.1, 0.15) is 22.7 Å². The number of hydrogen-bond donors (Lipinski definition) is 1. The molecule has 42 heavy (non-hydrogen) atoms. The number of ether oxygens (including phenoxy) is 3. The van der Waals surface area contributed by atoms with Gasteiger partial charge in [0.2, 0.25) is 0 Å². The molecule has 5 aromatic rings. The minimum atomic E-state index is -0.777. The van der Waals surface area contributed by atoms with E-state index in [9.17, 15) is 14.0 Å². The summed E-state index contributed by atoms with van der Waals surface area (Å²) >= 11 is 0. The maximum Gasteiger partial charge on any atom is 0.269 e. The topological polar surface area (TPSA) is 117 Å². The van der Waals surface area contributed by atoms with Crippen molar-refractivity contribution in [2.24, 2.45) is 0 Å². The van der Waals surface area contributed by atoms with Gasteiger partial charge >= 0.3 is 0 Å². The molecule has 1 aromatic carbocycles. The summed E-state index contributed by atoms with van der Waals surface area (Å²) in [7, 11) is 2.91. The first-order valence-corrected chi connectivity index (χ1v) is 12.2. The average molecular weight is 596 g/mol. The lowest BCUT2D eigenvalue weighted by Gasteiger charge is -2.13. The molecule has 13 heteroatoms. The number of fused-ring (bicyclic) bond motifs is 1. The van der Waals surface area contributed by atoms with Gasteiger partial charge in [-0.3, -0.25) is 19.1 Å². The maximum absolute atomic E-state index is 15.1. The van der Waals surface area contributed by atoms with Crippen LogP contribution >= 0.6 is 12.4 Å². The van der Waals surface area contributed by atoms with Crippen molar-refractivity contribution in [1.29, 1.82) is 0 Å². The SMILES string of the molecule is COc1cc2nccc(Oc3ccc(NC(=O)c4ccc(C)n(-c5ccc(F)c(C)n5)c4=O)cc3F)c2nc1OC.Cl. The van der Waals surface area contributed by atoms with Gasteiger partial charge in [-0.1, -0.05) is 0 Å². The zero-order chi connectivity index (χ0) is 29.3. The van der Waals surface area contributed by atoms with Crippen LogP contribution in [0.3, 0.4) is 0 Å². The predicted molar refractivity (Wildman–Crippen MR) is 154 cm³/mol. The first-order valence-electron chi connectivity index (χ1n) is 12.2. The minimum Gasteiger partial charge on any atom is -0.491 e. The number of halogens is 3. The Balaban J connectivity index is 0.00000405. The molecule has 0 bridgehead atoms. The normalized spacial score (nSPS) is 10.6. The molecule has 0 atom stereocenters. The van der Waals surface area contributed by atoms with Gasteiger partial charge in [-0.15, -0.1) is 12.4 Å². The van der Waals surface area contributed by atoms with Gasteiger partial charge in [-0.25, -0.2) is 18.7 Å². The highest BCUT2D eigenvalue weighted by molar-refractivity contribution is 6.04. The number of pyridine rings is 4. The number of rotatable bonds is 7. The van der Waals surface area contributed by atoms with E-state index in [-0.39, 0.29) is 52.5 Å². The molecule has 0 aliphatic carbocycles. The summed E-state index contributed by atoms with van der Waals surface area (Å²) in [6.45, 7) is 3.13. The first kappa shape index (κ1) is 29.9. The van der Waals surface area contributed by atoms with E-state index >= 15 is 4.39 Å². The Morgan fingerprint density at radius 3 is 2.36 bits per heavy atom. The Morgan fingerprint density at radius 1 is 0.881 bits per heavy atom. The first-order chi connectivity index (χ1) is 19.7. The van der Waals surface area contributed by atoms with E-state index in [1.807, 2.05) is 0 Å². The molecule has 0 fully saturated rings. The smallest absolute Gasteiger partial charge is 0.269 e. The van der Waals surface area contributed by atoms with Crippen molar-refractivity contribution in [3.63, 3.8) is 0 Å². The van der Waals surface area contributed by atoms with Crippen LogP contribution in [0.25, 0.3) is 16.9 Å². The van der Waals surface area contributed by atoms with Crippen molar-refractivity contribution in [2.45, 2.75) is 13.8 Å². The van der Waals surface area contributed by atoms with Gasteiger partial charge in [0.25, 0.3) is 17.3 Å². The lowest BCUT2D eigenvalue weighted by atomic mass is 10.2. The number of methoxy groups -OCH3 is 2. The highest BCUT2D eigenvalue weighted by Crippen LogP contribution is 2.35. The van der Waals surface area contributed by atoms with Gasteiger partial charge in [0.05, 0.1) is 25.4 Å². The molecule has 0 saturated heterocycles. The molecule has 1 amide bonds. The van der Waals surface area contributed by atoms with Crippen LogP contribution in [0.1, 0.15) is 21.7 Å². The third-order valence-corrected chi connectivity index (χ3v) is 6.19. The van der Waals surface area contributed by atoms with Crippen molar-refractivity contribution in [3.05, 3.63) is 99.7 Å². The van der Waals surface area contributed by atoms with Crippen LogP contribution in [0, 0.1) is 25.5 Å². The number of carbonyl (C=O) groups is 1. The van der Waals surface area contributed by atoms with Gasteiger partial charge in [-0.05, 0) is 50.2 Å². The molecular weight excluding hydrogens is 572 g/mol. The van der Waals surface area contributed by atoms with Crippen molar-refractivity contribution in [3.8, 4) is 28.9 Å².